The number of para-hydroxylation sites is 2. The Labute approximate surface area is 363 Å². The Morgan fingerprint density at radius 3 is 1.39 bits per heavy atom. The van der Waals surface area contributed by atoms with E-state index >= 15 is 0 Å². The van der Waals surface area contributed by atoms with E-state index in [0.717, 1.165) is 22.5 Å². The summed E-state index contributed by atoms with van der Waals surface area (Å²) in [6.07, 6.45) is 3.00. The van der Waals surface area contributed by atoms with Gasteiger partial charge in [0.2, 0.25) is 17.7 Å². The van der Waals surface area contributed by atoms with E-state index in [0.29, 0.717) is 33.6 Å². The number of amides is 1. The third-order valence-electron chi connectivity index (χ3n) is 11.6. The molecule has 0 bridgehead atoms. The molecule has 2 aliphatic heterocycles. The monoisotopic (exact) mass is 861 g/mol. The number of aliphatic carboxylic acids is 1. The number of hydrogen-bond donors (Lipinski definition) is 2. The minimum Gasteiger partial charge on any atom is -0.481 e. The molecule has 4 aromatic heterocycles. The van der Waals surface area contributed by atoms with Crippen molar-refractivity contribution >= 4 is 11.9 Å². The number of carboxylic acids is 1. The zero-order valence-corrected chi connectivity index (χ0v) is 34.6. The number of nitrogens with two attached hydrogens (primary N) is 1. The molecule has 1 amide bonds. The number of pyridine rings is 2. The van der Waals surface area contributed by atoms with E-state index in [1.807, 2.05) is 66.7 Å². The molecule has 18 heteroatoms. The Kier molecular flexibility index (Phi) is 10.2. The predicted molar refractivity (Wildman–Crippen MR) is 226 cm³/mol. The fourth-order valence-corrected chi connectivity index (χ4v) is 8.03. The Morgan fingerprint density at radius 2 is 1.02 bits per heavy atom. The molecule has 6 heterocycles. The van der Waals surface area contributed by atoms with Crippen LogP contribution in [0.2, 0.25) is 0 Å². The molecule has 4 aromatic carbocycles. The fourth-order valence-electron chi connectivity index (χ4n) is 8.03. The van der Waals surface area contributed by atoms with Crippen molar-refractivity contribution in [2.45, 2.75) is 39.5 Å². The summed E-state index contributed by atoms with van der Waals surface area (Å²) in [7, 11) is 0. The van der Waals surface area contributed by atoms with Crippen LogP contribution >= 0.6 is 0 Å². The smallest absolute Gasteiger partial charge is 0.310 e. The van der Waals surface area contributed by atoms with Gasteiger partial charge in [-0.2, -0.15) is 0 Å². The van der Waals surface area contributed by atoms with Gasteiger partial charge in [0.25, 0.3) is 0 Å². The average molecular weight is 862 g/mol. The lowest BCUT2D eigenvalue weighted by Crippen LogP contribution is -2.38. The average Bonchev–Trinajstić information content (AvgIpc) is 4.04. The summed E-state index contributed by atoms with van der Waals surface area (Å²) in [6, 6.07) is 31.4. The maximum atomic E-state index is 14.6. The maximum absolute atomic E-state index is 14.6. The van der Waals surface area contributed by atoms with Gasteiger partial charge in [-0.3, -0.25) is 9.59 Å². The van der Waals surface area contributed by atoms with Crippen LogP contribution in [0.4, 0.5) is 8.78 Å². The number of primary amides is 1. The minimum atomic E-state index is -1.21. The number of carbonyl (C=O) groups excluding carboxylic acids is 1. The van der Waals surface area contributed by atoms with Crippen molar-refractivity contribution in [2.24, 2.45) is 16.6 Å². The van der Waals surface area contributed by atoms with Crippen molar-refractivity contribution < 1.29 is 33.0 Å². The number of rotatable bonds is 8. The first-order chi connectivity index (χ1) is 30.7. The normalized spacial score (nSPS) is 14.9. The Hall–Kier alpha value is -8.28. The highest BCUT2D eigenvalue weighted by atomic mass is 19.1. The van der Waals surface area contributed by atoms with Crippen LogP contribution in [0.1, 0.15) is 61.8 Å². The van der Waals surface area contributed by atoms with E-state index in [2.05, 4.69) is 41.0 Å². The number of hydrogen-bond acceptors (Lipinski definition) is 12. The van der Waals surface area contributed by atoms with Gasteiger partial charge in [0.15, 0.2) is 23.1 Å². The van der Waals surface area contributed by atoms with Crippen molar-refractivity contribution in [1.82, 2.24) is 50.4 Å². The molecule has 0 aliphatic carbocycles. The van der Waals surface area contributed by atoms with Gasteiger partial charge >= 0.3 is 5.97 Å². The molecule has 16 nitrogen and oxygen atoms in total. The molecule has 10 rings (SSSR count). The molecular weight excluding hydrogens is 825 g/mol. The second-order valence-corrected chi connectivity index (χ2v) is 16.3. The van der Waals surface area contributed by atoms with Crippen molar-refractivity contribution in [3.05, 3.63) is 156 Å². The van der Waals surface area contributed by atoms with Gasteiger partial charge < -0.3 is 20.3 Å². The first kappa shape index (κ1) is 41.1. The molecule has 0 saturated carbocycles. The molecule has 0 fully saturated rings. The largest absolute Gasteiger partial charge is 0.481 e. The lowest BCUT2D eigenvalue weighted by atomic mass is 9.70. The van der Waals surface area contributed by atoms with E-state index < -0.39 is 46.2 Å². The highest BCUT2D eigenvalue weighted by Crippen LogP contribution is 2.54. The van der Waals surface area contributed by atoms with Gasteiger partial charge in [0.1, 0.15) is 12.7 Å². The van der Waals surface area contributed by atoms with Crippen LogP contribution in [0.3, 0.4) is 0 Å². The second-order valence-electron chi connectivity index (χ2n) is 16.3. The SMILES string of the molecule is CC(C)(C(=O)O)[C@@H]1c2ccc(-c3ccc(-n4cnnn4)cc3)nc2Oc2c(F)cccc21.CC(C)(C(N)=O)[C@@H]1c2ccc(-c3ccc(-n4cnnn4)cc3)nc2Oc2c(F)cccc21. The summed E-state index contributed by atoms with van der Waals surface area (Å²) in [5, 5.41) is 32.1. The van der Waals surface area contributed by atoms with Crippen LogP contribution in [0.15, 0.2) is 122 Å². The minimum absolute atomic E-state index is 0.0120. The molecule has 0 radical (unpaired) electrons. The zero-order valence-electron chi connectivity index (χ0n) is 34.6. The molecule has 0 saturated heterocycles. The van der Waals surface area contributed by atoms with Crippen molar-refractivity contribution in [2.75, 3.05) is 0 Å². The summed E-state index contributed by atoms with van der Waals surface area (Å²) < 4.78 is 44.1. The number of nitrogens with zero attached hydrogens (tertiary/aromatic N) is 10. The van der Waals surface area contributed by atoms with Gasteiger partial charge in [-0.05, 0) is 83.2 Å². The number of aromatic nitrogens is 10. The highest BCUT2D eigenvalue weighted by molar-refractivity contribution is 5.83. The van der Waals surface area contributed by atoms with Gasteiger partial charge in [-0.1, -0.05) is 74.5 Å². The molecule has 2 aliphatic rings. The molecular formula is C46H37F2N11O5. The lowest BCUT2D eigenvalue weighted by Gasteiger charge is -2.36. The molecule has 0 spiro atoms. The number of carbonyl (C=O) groups is 2. The van der Waals surface area contributed by atoms with Crippen LogP contribution in [0.5, 0.6) is 23.3 Å². The Morgan fingerprint density at radius 1 is 0.594 bits per heavy atom. The third kappa shape index (κ3) is 7.23. The number of tetrazole rings is 2. The van der Waals surface area contributed by atoms with E-state index in [9.17, 15) is 23.5 Å². The van der Waals surface area contributed by atoms with E-state index in [1.165, 1.54) is 29.5 Å². The lowest BCUT2D eigenvalue weighted by molar-refractivity contribution is -0.147. The molecule has 3 N–H and O–H groups in total. The standard InChI is InChI=1S/C23H19FN6O2.C23H18FN5O3/c1-23(2,22(25)31)19-15-4-3-5-17(24)20(15)32-21-16(19)10-11-18(27-21)13-6-8-14(9-7-13)30-12-26-28-29-30;1-23(2,22(30)31)19-15-4-3-5-17(24)20(15)32-21-16(19)10-11-18(26-21)13-6-8-14(9-7-13)29-12-25-27-28-29/h3-12,19H,1-2H3,(H2,25,31);3-12,19H,1-2H3,(H,30,31)/t2*19-/m00/s1. The number of carboxylic acid groups (broad SMARTS) is 1. The van der Waals surface area contributed by atoms with Gasteiger partial charge in [0.05, 0.1) is 33.6 Å². The summed E-state index contributed by atoms with van der Waals surface area (Å²) in [5.41, 5.74) is 10.3. The van der Waals surface area contributed by atoms with E-state index in [1.54, 1.807) is 62.7 Å². The summed E-state index contributed by atoms with van der Waals surface area (Å²) in [6.45, 7) is 6.73. The first-order valence-electron chi connectivity index (χ1n) is 19.9. The van der Waals surface area contributed by atoms with Gasteiger partial charge in [0, 0.05) is 45.2 Å². The topological polar surface area (TPSA) is 212 Å². The van der Waals surface area contributed by atoms with Crippen LogP contribution in [0.25, 0.3) is 33.9 Å². The molecule has 0 unspecified atom stereocenters. The van der Waals surface area contributed by atoms with Crippen LogP contribution in [0, 0.1) is 22.5 Å². The second kappa shape index (κ2) is 15.9. The van der Waals surface area contributed by atoms with Crippen LogP contribution in [-0.4, -0.2) is 67.4 Å². The van der Waals surface area contributed by atoms with Crippen molar-refractivity contribution in [3.63, 3.8) is 0 Å². The summed E-state index contributed by atoms with van der Waals surface area (Å²) in [4.78, 5) is 33.6. The van der Waals surface area contributed by atoms with Gasteiger partial charge in [-0.25, -0.2) is 28.1 Å². The van der Waals surface area contributed by atoms with Gasteiger partial charge in [-0.15, -0.1) is 10.2 Å². The quantitative estimate of drug-likeness (QED) is 0.149. The van der Waals surface area contributed by atoms with E-state index in [-0.39, 0.29) is 23.3 Å². The van der Waals surface area contributed by atoms with Crippen molar-refractivity contribution in [1.29, 1.82) is 0 Å². The van der Waals surface area contributed by atoms with E-state index in [4.69, 9.17) is 15.2 Å². The summed E-state index contributed by atoms with van der Waals surface area (Å²) in [5.74, 6) is -3.16. The summed E-state index contributed by atoms with van der Waals surface area (Å²) >= 11 is 0. The molecule has 64 heavy (non-hydrogen) atoms. The maximum Gasteiger partial charge on any atom is 0.310 e. The number of fused-ring (bicyclic) bond motifs is 4. The van der Waals surface area contributed by atoms with Crippen LogP contribution < -0.4 is 15.2 Å². The molecule has 8 aromatic rings. The Balaban J connectivity index is 0.000000162. The number of benzene rings is 4. The van der Waals surface area contributed by atoms with Crippen molar-refractivity contribution in [3.8, 4) is 57.1 Å². The number of ether oxygens (including phenoxy) is 2. The molecule has 2 atom stereocenters. The number of halogens is 2. The highest BCUT2D eigenvalue weighted by Gasteiger charge is 2.46. The fraction of sp³-hybridized carbons (Fsp3) is 0.174. The molecule has 320 valence electrons. The van der Waals surface area contributed by atoms with Crippen LogP contribution in [-0.2, 0) is 9.59 Å². The predicted octanol–water partition coefficient (Wildman–Crippen LogP) is 7.82. The third-order valence-corrected chi connectivity index (χ3v) is 11.6. The Bertz CT molecular complexity index is 2850. The first-order valence-corrected chi connectivity index (χ1v) is 19.9. The zero-order chi connectivity index (χ0) is 44.9.